The third-order valence-corrected chi connectivity index (χ3v) is 2.58. The summed E-state index contributed by atoms with van der Waals surface area (Å²) in [6.45, 7) is 6.61. The normalized spacial score (nSPS) is 10.8. The van der Waals surface area contributed by atoms with E-state index in [1.807, 2.05) is 24.3 Å². The third-order valence-electron chi connectivity index (χ3n) is 2.58. The number of nitrogens with zero attached hydrogens (tertiary/aromatic N) is 3. The highest BCUT2D eigenvalue weighted by molar-refractivity contribution is 5.96. The van der Waals surface area contributed by atoms with Gasteiger partial charge in [-0.2, -0.15) is 0 Å². The molecule has 0 atom stereocenters. The lowest BCUT2D eigenvalue weighted by Crippen LogP contribution is -2.11. The summed E-state index contributed by atoms with van der Waals surface area (Å²) >= 11 is 0. The molecule has 0 saturated heterocycles. The second-order valence-electron chi connectivity index (χ2n) is 4.95. The van der Waals surface area contributed by atoms with Gasteiger partial charge in [0.1, 0.15) is 0 Å². The SMILES string of the molecule is CC(C)(C)c1ccc(C(=O)CCN=[N+]=[N-])cc1. The van der Waals surface area contributed by atoms with Crippen LogP contribution in [0.15, 0.2) is 29.4 Å². The van der Waals surface area contributed by atoms with Crippen molar-refractivity contribution in [2.75, 3.05) is 6.54 Å². The van der Waals surface area contributed by atoms with E-state index in [1.165, 1.54) is 5.56 Å². The quantitative estimate of drug-likeness (QED) is 0.336. The Kier molecular flexibility index (Phi) is 4.30. The first-order valence-electron chi connectivity index (χ1n) is 5.60. The van der Waals surface area contributed by atoms with Crippen molar-refractivity contribution in [3.8, 4) is 0 Å². The smallest absolute Gasteiger partial charge is 0.163 e. The lowest BCUT2D eigenvalue weighted by Gasteiger charge is -2.18. The lowest BCUT2D eigenvalue weighted by atomic mass is 9.86. The Hall–Kier alpha value is -1.80. The van der Waals surface area contributed by atoms with Gasteiger partial charge < -0.3 is 0 Å². The van der Waals surface area contributed by atoms with Gasteiger partial charge in [-0.1, -0.05) is 50.2 Å². The molecule has 0 fully saturated rings. The van der Waals surface area contributed by atoms with Crippen molar-refractivity contribution in [2.24, 2.45) is 5.11 Å². The van der Waals surface area contributed by atoms with Gasteiger partial charge in [0.05, 0.1) is 0 Å². The first-order chi connectivity index (χ1) is 7.95. The van der Waals surface area contributed by atoms with Gasteiger partial charge in [-0.15, -0.1) is 0 Å². The number of carbonyl (C=O) groups is 1. The van der Waals surface area contributed by atoms with Crippen LogP contribution in [0.5, 0.6) is 0 Å². The standard InChI is InChI=1S/C13H17N3O/c1-13(2,3)11-6-4-10(5-7-11)12(17)8-9-15-16-14/h4-7H,8-9H2,1-3H3. The molecular formula is C13H17N3O. The van der Waals surface area contributed by atoms with Crippen molar-refractivity contribution < 1.29 is 4.79 Å². The van der Waals surface area contributed by atoms with Crippen LogP contribution in [0.4, 0.5) is 0 Å². The Labute approximate surface area is 101 Å². The molecule has 0 unspecified atom stereocenters. The molecule has 0 radical (unpaired) electrons. The summed E-state index contributed by atoms with van der Waals surface area (Å²) in [4.78, 5) is 14.3. The maximum Gasteiger partial charge on any atom is 0.163 e. The topological polar surface area (TPSA) is 65.8 Å². The van der Waals surface area contributed by atoms with Crippen LogP contribution in [0.1, 0.15) is 43.1 Å². The molecule has 0 heterocycles. The minimum atomic E-state index is 0.0119. The average Bonchev–Trinajstić information content (AvgIpc) is 2.28. The maximum atomic E-state index is 11.7. The van der Waals surface area contributed by atoms with Gasteiger partial charge >= 0.3 is 0 Å². The number of azide groups is 1. The van der Waals surface area contributed by atoms with Gasteiger partial charge in [-0.25, -0.2) is 0 Å². The molecule has 0 aliphatic heterocycles. The van der Waals surface area contributed by atoms with E-state index in [-0.39, 0.29) is 24.2 Å². The van der Waals surface area contributed by atoms with Crippen LogP contribution in [0.25, 0.3) is 10.4 Å². The van der Waals surface area contributed by atoms with Crippen molar-refractivity contribution >= 4 is 5.78 Å². The summed E-state index contributed by atoms with van der Waals surface area (Å²) in [5.41, 5.74) is 10.1. The number of hydrogen-bond acceptors (Lipinski definition) is 2. The van der Waals surface area contributed by atoms with Crippen molar-refractivity contribution in [3.63, 3.8) is 0 Å². The molecule has 0 bridgehead atoms. The molecule has 0 aliphatic rings. The second kappa shape index (κ2) is 5.51. The minimum Gasteiger partial charge on any atom is -0.294 e. The number of benzene rings is 1. The van der Waals surface area contributed by atoms with E-state index >= 15 is 0 Å². The lowest BCUT2D eigenvalue weighted by molar-refractivity contribution is 0.0985. The predicted octanol–water partition coefficient (Wildman–Crippen LogP) is 3.87. The largest absolute Gasteiger partial charge is 0.294 e. The number of carbonyl (C=O) groups excluding carboxylic acids is 1. The van der Waals surface area contributed by atoms with Crippen molar-refractivity contribution in [1.29, 1.82) is 0 Å². The number of ketones is 1. The van der Waals surface area contributed by atoms with Crippen molar-refractivity contribution in [3.05, 3.63) is 45.8 Å². The summed E-state index contributed by atoms with van der Waals surface area (Å²) < 4.78 is 0. The summed E-state index contributed by atoms with van der Waals surface area (Å²) in [5, 5.41) is 3.35. The van der Waals surface area contributed by atoms with Crippen LogP contribution in [-0.4, -0.2) is 12.3 Å². The van der Waals surface area contributed by atoms with E-state index in [9.17, 15) is 4.79 Å². The Morgan fingerprint density at radius 3 is 2.35 bits per heavy atom. The van der Waals surface area contributed by atoms with Gasteiger partial charge in [0.15, 0.2) is 5.78 Å². The van der Waals surface area contributed by atoms with Crippen LogP contribution in [0, 0.1) is 0 Å². The van der Waals surface area contributed by atoms with Gasteiger partial charge in [-0.3, -0.25) is 4.79 Å². The van der Waals surface area contributed by atoms with Crippen molar-refractivity contribution in [2.45, 2.75) is 32.6 Å². The zero-order valence-corrected chi connectivity index (χ0v) is 10.5. The summed E-state index contributed by atoms with van der Waals surface area (Å²) in [7, 11) is 0. The van der Waals surface area contributed by atoms with E-state index in [0.29, 0.717) is 5.56 Å². The van der Waals surface area contributed by atoms with Gasteiger partial charge in [0.25, 0.3) is 0 Å². The van der Waals surface area contributed by atoms with Crippen LogP contribution >= 0.6 is 0 Å². The highest BCUT2D eigenvalue weighted by atomic mass is 16.1. The van der Waals surface area contributed by atoms with Crippen molar-refractivity contribution in [1.82, 2.24) is 0 Å². The third kappa shape index (κ3) is 3.93. The fourth-order valence-electron chi connectivity index (χ4n) is 1.50. The molecule has 17 heavy (non-hydrogen) atoms. The molecule has 1 aromatic carbocycles. The molecule has 0 aliphatic carbocycles. The van der Waals surface area contributed by atoms with E-state index < -0.39 is 0 Å². The summed E-state index contributed by atoms with van der Waals surface area (Å²) in [6.07, 6.45) is 0.263. The fraction of sp³-hybridized carbons (Fsp3) is 0.462. The zero-order valence-electron chi connectivity index (χ0n) is 10.5. The fourth-order valence-corrected chi connectivity index (χ4v) is 1.50. The summed E-state index contributed by atoms with van der Waals surface area (Å²) in [6, 6.07) is 7.61. The van der Waals surface area contributed by atoms with E-state index in [0.717, 1.165) is 0 Å². The van der Waals surface area contributed by atoms with Gasteiger partial charge in [0, 0.05) is 23.4 Å². The second-order valence-corrected chi connectivity index (χ2v) is 4.95. The van der Waals surface area contributed by atoms with E-state index in [2.05, 4.69) is 30.8 Å². The molecule has 1 rings (SSSR count). The molecule has 0 saturated carbocycles. The highest BCUT2D eigenvalue weighted by Crippen LogP contribution is 2.22. The minimum absolute atomic E-state index is 0.0119. The summed E-state index contributed by atoms with van der Waals surface area (Å²) in [5.74, 6) is 0.0119. The number of rotatable bonds is 4. The van der Waals surface area contributed by atoms with Crippen LogP contribution < -0.4 is 0 Å². The Bertz CT molecular complexity index is 437. The first kappa shape index (κ1) is 13.3. The molecule has 0 amide bonds. The van der Waals surface area contributed by atoms with Gasteiger partial charge in [-0.05, 0) is 16.5 Å². The molecule has 4 heteroatoms. The van der Waals surface area contributed by atoms with E-state index in [4.69, 9.17) is 5.53 Å². The monoisotopic (exact) mass is 231 g/mol. The van der Waals surface area contributed by atoms with Gasteiger partial charge in [0.2, 0.25) is 0 Å². The maximum absolute atomic E-state index is 11.7. The van der Waals surface area contributed by atoms with E-state index in [1.54, 1.807) is 0 Å². The predicted molar refractivity (Wildman–Crippen MR) is 68.1 cm³/mol. The molecule has 4 nitrogen and oxygen atoms in total. The molecule has 0 N–H and O–H groups in total. The van der Waals surface area contributed by atoms with Crippen LogP contribution in [0.2, 0.25) is 0 Å². The zero-order chi connectivity index (χ0) is 12.9. The number of hydrogen-bond donors (Lipinski definition) is 0. The molecule has 1 aromatic rings. The Morgan fingerprint density at radius 2 is 1.88 bits per heavy atom. The molecular weight excluding hydrogens is 214 g/mol. The average molecular weight is 231 g/mol. The number of Topliss-reactive ketones (excluding diaryl/α,β-unsaturated/α-hetero) is 1. The first-order valence-corrected chi connectivity index (χ1v) is 5.60. The molecule has 0 spiro atoms. The highest BCUT2D eigenvalue weighted by Gasteiger charge is 2.13. The van der Waals surface area contributed by atoms with Crippen LogP contribution in [0.3, 0.4) is 0 Å². The molecule has 0 aromatic heterocycles. The molecule has 90 valence electrons. The van der Waals surface area contributed by atoms with Crippen LogP contribution in [-0.2, 0) is 5.41 Å². The Morgan fingerprint density at radius 1 is 1.29 bits per heavy atom. The Balaban J connectivity index is 2.74.